The Labute approximate surface area is 91.0 Å². The second-order valence-electron chi connectivity index (χ2n) is 4.20. The van der Waals surface area contributed by atoms with E-state index in [1.165, 1.54) is 0 Å². The smallest absolute Gasteiger partial charge is 0.138 e. The van der Waals surface area contributed by atoms with E-state index in [1.807, 2.05) is 50.3 Å². The lowest BCUT2D eigenvalue weighted by Crippen LogP contribution is -2.18. The molecular formula is C12H16NOP. The molecule has 1 aromatic carbocycles. The van der Waals surface area contributed by atoms with Gasteiger partial charge in [0.1, 0.15) is 7.14 Å². The third kappa shape index (κ3) is 2.06. The first-order chi connectivity index (χ1) is 7.12. The standard InChI is InChI=1S/C12H16NOP/c1-13(2)8-10-15(14)9-7-11-5-3-4-6-12(11)15/h3-7,9H,8,10H2,1-2H3. The van der Waals surface area contributed by atoms with Gasteiger partial charge in [0.15, 0.2) is 0 Å². The SMILES string of the molecule is CN(C)CCP1(=O)C=Cc2ccccc21. The third-order valence-corrected chi connectivity index (χ3v) is 5.44. The highest BCUT2D eigenvalue weighted by Crippen LogP contribution is 2.50. The first-order valence-corrected chi connectivity index (χ1v) is 7.10. The monoisotopic (exact) mass is 221 g/mol. The molecule has 0 amide bonds. The summed E-state index contributed by atoms with van der Waals surface area (Å²) in [6.45, 7) is 0.871. The highest BCUT2D eigenvalue weighted by Gasteiger charge is 2.27. The zero-order valence-electron chi connectivity index (χ0n) is 9.18. The third-order valence-electron chi connectivity index (χ3n) is 2.72. The molecule has 1 aliphatic rings. The van der Waals surface area contributed by atoms with E-state index in [9.17, 15) is 4.57 Å². The van der Waals surface area contributed by atoms with E-state index in [0.29, 0.717) is 0 Å². The van der Waals surface area contributed by atoms with Gasteiger partial charge < -0.3 is 9.46 Å². The highest BCUT2D eigenvalue weighted by atomic mass is 31.2. The highest BCUT2D eigenvalue weighted by molar-refractivity contribution is 7.75. The largest absolute Gasteiger partial charge is 0.314 e. The van der Waals surface area contributed by atoms with Crippen LogP contribution in [0.5, 0.6) is 0 Å². The van der Waals surface area contributed by atoms with Crippen molar-refractivity contribution in [1.29, 1.82) is 0 Å². The van der Waals surface area contributed by atoms with Gasteiger partial charge in [-0.05, 0) is 25.5 Å². The van der Waals surface area contributed by atoms with Crippen LogP contribution in [-0.4, -0.2) is 31.7 Å². The van der Waals surface area contributed by atoms with Crippen LogP contribution in [0.15, 0.2) is 30.1 Å². The molecule has 0 saturated heterocycles. The Morgan fingerprint density at radius 1 is 1.27 bits per heavy atom. The van der Waals surface area contributed by atoms with Crippen LogP contribution in [-0.2, 0) is 4.57 Å². The van der Waals surface area contributed by atoms with Crippen LogP contribution in [0, 0.1) is 0 Å². The summed E-state index contributed by atoms with van der Waals surface area (Å²) < 4.78 is 12.6. The number of nitrogens with zero attached hydrogens (tertiary/aromatic N) is 1. The number of benzene rings is 1. The minimum Gasteiger partial charge on any atom is -0.314 e. The molecule has 80 valence electrons. The molecule has 1 heterocycles. The van der Waals surface area contributed by atoms with Crippen molar-refractivity contribution >= 4 is 18.5 Å². The van der Waals surface area contributed by atoms with Crippen molar-refractivity contribution in [3.8, 4) is 0 Å². The Balaban J connectivity index is 2.26. The predicted octanol–water partition coefficient (Wildman–Crippen LogP) is 2.22. The van der Waals surface area contributed by atoms with Crippen molar-refractivity contribution in [2.75, 3.05) is 26.8 Å². The maximum absolute atomic E-state index is 12.6. The maximum Gasteiger partial charge on any atom is 0.138 e. The van der Waals surface area contributed by atoms with E-state index < -0.39 is 7.14 Å². The fraction of sp³-hybridized carbons (Fsp3) is 0.333. The van der Waals surface area contributed by atoms with Crippen LogP contribution in [0.25, 0.3) is 6.08 Å². The van der Waals surface area contributed by atoms with Gasteiger partial charge in [0.05, 0.1) is 0 Å². The molecule has 0 radical (unpaired) electrons. The number of hydrogen-bond donors (Lipinski definition) is 0. The maximum atomic E-state index is 12.6. The number of hydrogen-bond acceptors (Lipinski definition) is 2. The lowest BCUT2D eigenvalue weighted by molar-refractivity contribution is 0.433. The molecule has 3 heteroatoms. The van der Waals surface area contributed by atoms with E-state index in [0.717, 1.165) is 23.6 Å². The van der Waals surface area contributed by atoms with Gasteiger partial charge in [-0.2, -0.15) is 0 Å². The summed E-state index contributed by atoms with van der Waals surface area (Å²) in [6.07, 6.45) is 2.74. The first-order valence-electron chi connectivity index (χ1n) is 5.14. The topological polar surface area (TPSA) is 20.3 Å². The second-order valence-corrected chi connectivity index (χ2v) is 7.02. The fourth-order valence-electron chi connectivity index (χ4n) is 1.80. The lowest BCUT2D eigenvalue weighted by Gasteiger charge is -2.15. The summed E-state index contributed by atoms with van der Waals surface area (Å²) in [5.74, 6) is 1.90. The van der Waals surface area contributed by atoms with Gasteiger partial charge in [-0.1, -0.05) is 30.3 Å². The van der Waals surface area contributed by atoms with Crippen LogP contribution in [0.3, 0.4) is 0 Å². The van der Waals surface area contributed by atoms with Gasteiger partial charge in [0.25, 0.3) is 0 Å². The Bertz CT molecular complexity index is 437. The second kappa shape index (κ2) is 3.96. The summed E-state index contributed by atoms with van der Waals surface area (Å²) in [7, 11) is 1.79. The van der Waals surface area contributed by atoms with Gasteiger partial charge in [-0.15, -0.1) is 0 Å². The van der Waals surface area contributed by atoms with E-state index in [2.05, 4.69) is 4.90 Å². The van der Waals surface area contributed by atoms with E-state index in [1.54, 1.807) is 0 Å². The summed E-state index contributed by atoms with van der Waals surface area (Å²) in [4.78, 5) is 2.08. The molecule has 0 N–H and O–H groups in total. The molecule has 2 nitrogen and oxygen atoms in total. The van der Waals surface area contributed by atoms with Crippen LogP contribution < -0.4 is 5.30 Å². The van der Waals surface area contributed by atoms with Crippen molar-refractivity contribution in [3.05, 3.63) is 35.6 Å². The molecule has 1 unspecified atom stereocenters. The van der Waals surface area contributed by atoms with Gasteiger partial charge in [0.2, 0.25) is 0 Å². The molecule has 0 bridgehead atoms. The Hall–Kier alpha value is -0.850. The molecular weight excluding hydrogens is 205 g/mol. The summed E-state index contributed by atoms with van der Waals surface area (Å²) in [5, 5.41) is 1.03. The van der Waals surface area contributed by atoms with E-state index in [-0.39, 0.29) is 0 Å². The molecule has 1 aromatic rings. The molecule has 0 spiro atoms. The molecule has 0 fully saturated rings. The molecule has 1 aliphatic heterocycles. The van der Waals surface area contributed by atoms with Crippen molar-refractivity contribution in [1.82, 2.24) is 4.90 Å². The molecule has 2 rings (SSSR count). The Morgan fingerprint density at radius 3 is 2.73 bits per heavy atom. The van der Waals surface area contributed by atoms with Crippen LogP contribution in [0.1, 0.15) is 5.56 Å². The average molecular weight is 221 g/mol. The summed E-state index contributed by atoms with van der Waals surface area (Å²) >= 11 is 0. The zero-order chi connectivity index (χ0) is 10.9. The summed E-state index contributed by atoms with van der Waals surface area (Å²) in [6, 6.07) is 7.98. The van der Waals surface area contributed by atoms with Crippen molar-refractivity contribution in [2.45, 2.75) is 0 Å². The molecule has 0 saturated carbocycles. The fourth-order valence-corrected chi connectivity index (χ4v) is 4.37. The molecule has 0 aliphatic carbocycles. The van der Waals surface area contributed by atoms with E-state index in [4.69, 9.17) is 0 Å². The van der Waals surface area contributed by atoms with Crippen LogP contribution in [0.4, 0.5) is 0 Å². The van der Waals surface area contributed by atoms with E-state index >= 15 is 0 Å². The first kappa shape index (κ1) is 10.7. The molecule has 15 heavy (non-hydrogen) atoms. The van der Waals surface area contributed by atoms with Gasteiger partial charge in [-0.3, -0.25) is 0 Å². The lowest BCUT2D eigenvalue weighted by atomic mass is 10.2. The van der Waals surface area contributed by atoms with Gasteiger partial charge in [-0.25, -0.2) is 0 Å². The number of rotatable bonds is 3. The Kier molecular flexibility index (Phi) is 2.81. The van der Waals surface area contributed by atoms with Gasteiger partial charge in [0, 0.05) is 18.0 Å². The predicted molar refractivity (Wildman–Crippen MR) is 66.1 cm³/mol. The van der Waals surface area contributed by atoms with Crippen molar-refractivity contribution in [3.63, 3.8) is 0 Å². The van der Waals surface area contributed by atoms with Gasteiger partial charge >= 0.3 is 0 Å². The van der Waals surface area contributed by atoms with Crippen LogP contribution in [0.2, 0.25) is 0 Å². The normalized spacial score (nSPS) is 23.4. The zero-order valence-corrected chi connectivity index (χ0v) is 10.1. The minimum absolute atomic E-state index is 0.744. The number of fused-ring (bicyclic) bond motifs is 1. The van der Waals surface area contributed by atoms with Crippen LogP contribution >= 0.6 is 7.14 Å². The average Bonchev–Trinajstić information content (AvgIpc) is 2.56. The summed E-state index contributed by atoms with van der Waals surface area (Å²) in [5.41, 5.74) is 1.12. The Morgan fingerprint density at radius 2 is 2.00 bits per heavy atom. The quantitative estimate of drug-likeness (QED) is 0.729. The van der Waals surface area contributed by atoms with Crippen molar-refractivity contribution < 1.29 is 4.57 Å². The molecule has 0 aromatic heterocycles. The molecule has 1 atom stereocenters. The van der Waals surface area contributed by atoms with Crippen molar-refractivity contribution in [2.24, 2.45) is 0 Å². The minimum atomic E-state index is -2.24.